The van der Waals surface area contributed by atoms with Crippen LogP contribution in [0.25, 0.3) is 215 Å². The van der Waals surface area contributed by atoms with Gasteiger partial charge in [-0.2, -0.15) is 0 Å². The van der Waals surface area contributed by atoms with Crippen molar-refractivity contribution in [3.05, 3.63) is 320 Å². The van der Waals surface area contributed by atoms with E-state index in [4.69, 9.17) is 52.6 Å². The number of rotatable bonds is 5. The molecule has 0 unspecified atom stereocenters. The number of pyridine rings is 4. The zero-order chi connectivity index (χ0) is 70.4. The van der Waals surface area contributed by atoms with Crippen LogP contribution in [0.5, 0.6) is 0 Å². The maximum atomic E-state index is 6.21. The predicted molar refractivity (Wildman–Crippen MR) is 433 cm³/mol. The summed E-state index contributed by atoms with van der Waals surface area (Å²) in [5.41, 5.74) is 24.5. The number of nitrogens with zero attached hydrogens (tertiary/aromatic N) is 9. The van der Waals surface area contributed by atoms with Crippen LogP contribution >= 0.6 is 15.9 Å². The number of aromatic nitrogens is 9. The van der Waals surface area contributed by atoms with Gasteiger partial charge in [0.2, 0.25) is 5.95 Å². The van der Waals surface area contributed by atoms with Gasteiger partial charge in [0, 0.05) is 122 Å². The minimum atomic E-state index is 0.517. The molecule has 500 valence electrons. The Morgan fingerprint density at radius 3 is 1.27 bits per heavy atom. The lowest BCUT2D eigenvalue weighted by atomic mass is 10.0. The fraction of sp³-hybridized carbons (Fsp3) is 0.0108. The van der Waals surface area contributed by atoms with Crippen molar-refractivity contribution in [2.24, 2.45) is 0 Å². The third kappa shape index (κ3) is 9.91. The first-order valence-electron chi connectivity index (χ1n) is 35.3. The first-order chi connectivity index (χ1) is 52.9. The van der Waals surface area contributed by atoms with Crippen LogP contribution in [0.15, 0.2) is 326 Å². The highest BCUT2D eigenvalue weighted by Crippen LogP contribution is 2.43. The molecule has 0 aliphatic heterocycles. The summed E-state index contributed by atoms with van der Waals surface area (Å²) in [6.45, 7) is 0. The van der Waals surface area contributed by atoms with E-state index in [1.165, 1.54) is 22.4 Å². The topological polar surface area (TPSA) is 161 Å². The van der Waals surface area contributed by atoms with Gasteiger partial charge in [-0.3, -0.25) is 9.55 Å². The highest BCUT2D eigenvalue weighted by atomic mass is 79.9. The van der Waals surface area contributed by atoms with E-state index in [0.717, 1.165) is 205 Å². The first-order valence-corrected chi connectivity index (χ1v) is 36.1. The number of furan rings is 4. The quantitative estimate of drug-likeness (QED) is 0.119. The molecule has 11 aromatic heterocycles. The second-order valence-electron chi connectivity index (χ2n) is 27.0. The van der Waals surface area contributed by atoms with Gasteiger partial charge >= 0.3 is 0 Å². The highest BCUT2D eigenvalue weighted by molar-refractivity contribution is 9.10. The van der Waals surface area contributed by atoms with E-state index in [9.17, 15) is 0 Å². The fourth-order valence-corrected chi connectivity index (χ4v) is 16.2. The van der Waals surface area contributed by atoms with Gasteiger partial charge in [-0.1, -0.05) is 146 Å². The number of benzene rings is 12. The van der Waals surface area contributed by atoms with Crippen LogP contribution in [0, 0.1) is 0 Å². The van der Waals surface area contributed by atoms with E-state index >= 15 is 0 Å². The molecule has 14 heteroatoms. The Morgan fingerprint density at radius 1 is 0.290 bits per heavy atom. The van der Waals surface area contributed by atoms with Crippen molar-refractivity contribution in [3.8, 4) is 62.1 Å². The largest absolute Gasteiger partial charge is 0.456 e. The lowest BCUT2D eigenvalue weighted by Gasteiger charge is -2.13. The summed E-state index contributed by atoms with van der Waals surface area (Å²) >= 11 is 3.58. The molecule has 23 aromatic rings. The summed E-state index contributed by atoms with van der Waals surface area (Å²) in [7, 11) is 0. The monoisotopic (exact) mass is 1440 g/mol. The molecule has 0 saturated carbocycles. The minimum Gasteiger partial charge on any atom is -0.456 e. The average molecular weight is 1440 g/mol. The van der Waals surface area contributed by atoms with Crippen LogP contribution in [0.1, 0.15) is 11.3 Å². The molecule has 0 bridgehead atoms. The predicted octanol–water partition coefficient (Wildman–Crippen LogP) is 24.5. The molecule has 0 radical (unpaired) electrons. The molecular formula is C93H52BrN9O4. The molecule has 107 heavy (non-hydrogen) atoms. The summed E-state index contributed by atoms with van der Waals surface area (Å²) in [6, 6.07) is 99.3. The molecule has 0 saturated heterocycles. The van der Waals surface area contributed by atoms with Crippen LogP contribution < -0.4 is 0 Å². The second-order valence-corrected chi connectivity index (χ2v) is 27.7. The summed E-state index contributed by atoms with van der Waals surface area (Å²) < 4.78 is 27.0. The summed E-state index contributed by atoms with van der Waals surface area (Å²) in [5.74, 6) is 0.528. The summed E-state index contributed by atoms with van der Waals surface area (Å²) in [6.07, 6.45) is 4.68. The van der Waals surface area contributed by atoms with Crippen molar-refractivity contribution in [1.82, 2.24) is 44.4 Å². The Balaban J connectivity index is 0.000000116. The number of hydrogen-bond donors (Lipinski definition) is 0. The third-order valence-electron chi connectivity index (χ3n) is 20.8. The van der Waals surface area contributed by atoms with Crippen molar-refractivity contribution < 1.29 is 17.7 Å². The van der Waals surface area contributed by atoms with E-state index in [0.29, 0.717) is 10.7 Å². The van der Waals surface area contributed by atoms with Crippen LogP contribution in [0.3, 0.4) is 0 Å². The SMILES string of the molecule is Brc1nc(-c2ccc3oc4ccccc4c3c2)c2ccc3ccc(-c4ccc5oc6ccccc6c5c4)nc3c2n1.c1ccc2c(c1)Cc1ncccc1-2.c1ccc2c(c1)oc1ccc(-c3ccc4ccc5c(-c6ccc7oc8ccccc8c7c6)nc(-n6c7ccccc7c7cccnc76)nc5c4n3)cc12. The van der Waals surface area contributed by atoms with Crippen molar-refractivity contribution >= 4 is 169 Å². The smallest absolute Gasteiger partial charge is 0.237 e. The Hall–Kier alpha value is -14.1. The molecule has 13 nitrogen and oxygen atoms in total. The van der Waals surface area contributed by atoms with E-state index in [-0.39, 0.29) is 0 Å². The van der Waals surface area contributed by atoms with Crippen molar-refractivity contribution in [1.29, 1.82) is 0 Å². The van der Waals surface area contributed by atoms with Gasteiger partial charge in [0.25, 0.3) is 0 Å². The van der Waals surface area contributed by atoms with E-state index in [1.54, 1.807) is 0 Å². The molecule has 12 aromatic carbocycles. The van der Waals surface area contributed by atoms with Crippen molar-refractivity contribution in [2.45, 2.75) is 6.42 Å². The number of fused-ring (bicyclic) bond motifs is 24. The normalized spacial score (nSPS) is 12.1. The van der Waals surface area contributed by atoms with Crippen LogP contribution in [0.2, 0.25) is 0 Å². The van der Waals surface area contributed by atoms with Crippen LogP contribution in [0.4, 0.5) is 0 Å². The van der Waals surface area contributed by atoms with Gasteiger partial charge in [0.1, 0.15) is 61.3 Å². The lowest BCUT2D eigenvalue weighted by Crippen LogP contribution is -2.05. The Labute approximate surface area is 615 Å². The molecule has 1 aliphatic rings. The molecule has 0 fully saturated rings. The molecule has 24 rings (SSSR count). The molecule has 11 heterocycles. The summed E-state index contributed by atoms with van der Waals surface area (Å²) in [4.78, 5) is 40.1. The van der Waals surface area contributed by atoms with Crippen LogP contribution in [-0.4, -0.2) is 44.4 Å². The maximum absolute atomic E-state index is 6.21. The first kappa shape index (κ1) is 60.5. The number of hydrogen-bond acceptors (Lipinski definition) is 12. The molecular weight excluding hydrogens is 1390 g/mol. The number of halogens is 1. The molecule has 1 aliphatic carbocycles. The molecule has 0 spiro atoms. The van der Waals surface area contributed by atoms with Gasteiger partial charge in [0.15, 0.2) is 4.73 Å². The van der Waals surface area contributed by atoms with E-state index in [2.05, 4.69) is 201 Å². The van der Waals surface area contributed by atoms with Gasteiger partial charge in [0.05, 0.1) is 45.0 Å². The van der Waals surface area contributed by atoms with Gasteiger partial charge in [-0.05, 0) is 173 Å². The lowest BCUT2D eigenvalue weighted by molar-refractivity contribution is 0.668. The maximum Gasteiger partial charge on any atom is 0.237 e. The van der Waals surface area contributed by atoms with Gasteiger partial charge in [-0.15, -0.1) is 0 Å². The zero-order valence-corrected chi connectivity index (χ0v) is 58.2. The van der Waals surface area contributed by atoms with Crippen LogP contribution in [-0.2, 0) is 6.42 Å². The Morgan fingerprint density at radius 2 is 0.710 bits per heavy atom. The zero-order valence-electron chi connectivity index (χ0n) is 56.6. The summed E-state index contributed by atoms with van der Waals surface area (Å²) in [5, 5.41) is 14.5. The molecule has 0 atom stereocenters. The average Bonchev–Trinajstić information content (AvgIpc) is 1.70. The fourth-order valence-electron chi connectivity index (χ4n) is 15.8. The third-order valence-corrected chi connectivity index (χ3v) is 21.2. The number of para-hydroxylation sites is 5. The second kappa shape index (κ2) is 24.0. The van der Waals surface area contributed by atoms with Gasteiger partial charge < -0.3 is 17.7 Å². The van der Waals surface area contributed by atoms with Gasteiger partial charge in [-0.25, -0.2) is 34.9 Å². The van der Waals surface area contributed by atoms with Crippen molar-refractivity contribution in [2.75, 3.05) is 0 Å². The van der Waals surface area contributed by atoms with E-state index < -0.39 is 0 Å². The highest BCUT2D eigenvalue weighted by Gasteiger charge is 2.24. The standard InChI is InChI=1S/C46H25N5O2.C35H18BrN3O2.C12H9N/c1-4-12-37-29(8-1)32-11-7-23-47-45(32)51(37)46-49-42(28-18-22-41-35(25-28)31-10-3-6-14-39(31)53-41)33-19-15-26-16-20-36(48-43(26)44(33)50-46)27-17-21-40-34(24-27)30-9-2-5-13-38(30)52-40;36-35-38-32(21-12-16-31-26(18-21)23-6-2-4-8-29(23)41-31)24-13-9-19-10-14-27(37-33(19)34(24)39-35)20-11-15-30-25(17-20)22-5-1-3-7-28(22)40-30;1-2-5-10-9(4-1)8-12-11(10)6-3-7-13-12/h1-25H;1-18H;1-7H,8H2. The molecule has 0 N–H and O–H groups in total. The minimum absolute atomic E-state index is 0.517. The van der Waals surface area contributed by atoms with Crippen molar-refractivity contribution in [3.63, 3.8) is 0 Å². The Kier molecular flexibility index (Phi) is 13.6. The van der Waals surface area contributed by atoms with E-state index in [1.807, 2.05) is 128 Å². The Bertz CT molecular complexity index is 7580. The molecule has 0 amide bonds.